The molecule has 7 heteroatoms. The number of piperidine rings is 1. The first-order valence-corrected chi connectivity index (χ1v) is 7.59. The van der Waals surface area contributed by atoms with E-state index >= 15 is 0 Å². The molecule has 19 heavy (non-hydrogen) atoms. The summed E-state index contributed by atoms with van der Waals surface area (Å²) in [6.07, 6.45) is 1.54. The van der Waals surface area contributed by atoms with Crippen molar-refractivity contribution >= 4 is 10.0 Å². The molecule has 106 valence electrons. The molecule has 0 aromatic heterocycles. The molecule has 1 fully saturated rings. The summed E-state index contributed by atoms with van der Waals surface area (Å²) in [5.74, 6) is -1.88. The van der Waals surface area contributed by atoms with E-state index in [1.165, 1.54) is 0 Å². The van der Waals surface area contributed by atoms with Crippen LogP contribution in [0.5, 0.6) is 0 Å². The summed E-state index contributed by atoms with van der Waals surface area (Å²) in [6.45, 7) is 2.71. The van der Waals surface area contributed by atoms with E-state index in [-0.39, 0.29) is 12.1 Å². The minimum atomic E-state index is -3.97. The maximum Gasteiger partial charge on any atom is 0.243 e. The fourth-order valence-electron chi connectivity index (χ4n) is 2.16. The van der Waals surface area contributed by atoms with Gasteiger partial charge in [0.1, 0.15) is 16.5 Å². The summed E-state index contributed by atoms with van der Waals surface area (Å²) >= 11 is 0. The van der Waals surface area contributed by atoms with Crippen molar-refractivity contribution in [2.75, 3.05) is 6.54 Å². The first kappa shape index (κ1) is 14.4. The maximum atomic E-state index is 13.5. The molecule has 1 heterocycles. The maximum absolute atomic E-state index is 13.5. The smallest absolute Gasteiger partial charge is 0.243 e. The van der Waals surface area contributed by atoms with Crippen molar-refractivity contribution in [1.82, 2.24) is 10.0 Å². The van der Waals surface area contributed by atoms with Gasteiger partial charge in [-0.25, -0.2) is 21.9 Å². The van der Waals surface area contributed by atoms with Crippen LogP contribution in [-0.4, -0.2) is 27.0 Å². The highest BCUT2D eigenvalue weighted by Gasteiger charge is 2.28. The van der Waals surface area contributed by atoms with Crippen molar-refractivity contribution in [3.63, 3.8) is 0 Å². The van der Waals surface area contributed by atoms with Crippen LogP contribution < -0.4 is 10.0 Å². The van der Waals surface area contributed by atoms with Gasteiger partial charge in [0.05, 0.1) is 0 Å². The van der Waals surface area contributed by atoms with Crippen molar-refractivity contribution in [3.05, 3.63) is 29.8 Å². The van der Waals surface area contributed by atoms with Crippen molar-refractivity contribution in [3.8, 4) is 0 Å². The molecule has 1 aromatic rings. The minimum Gasteiger partial charge on any atom is -0.313 e. The van der Waals surface area contributed by atoms with Gasteiger partial charge in [0.15, 0.2) is 0 Å². The normalized spacial score (nSPS) is 24.4. The van der Waals surface area contributed by atoms with Gasteiger partial charge in [0.2, 0.25) is 10.0 Å². The molecule has 2 atom stereocenters. The summed E-state index contributed by atoms with van der Waals surface area (Å²) in [4.78, 5) is -0.522. The van der Waals surface area contributed by atoms with E-state index in [2.05, 4.69) is 10.0 Å². The monoisotopic (exact) mass is 290 g/mol. The molecule has 1 aliphatic heterocycles. The number of sulfonamides is 1. The lowest BCUT2D eigenvalue weighted by Gasteiger charge is -2.30. The van der Waals surface area contributed by atoms with Gasteiger partial charge in [-0.1, -0.05) is 0 Å². The Morgan fingerprint density at radius 2 is 2.11 bits per heavy atom. The van der Waals surface area contributed by atoms with Crippen LogP contribution in [0.1, 0.15) is 19.8 Å². The SMILES string of the molecule is C[C@H]1NCCC[C@@H]1NS(=O)(=O)c1ccc(F)cc1F. The van der Waals surface area contributed by atoms with Crippen LogP contribution >= 0.6 is 0 Å². The molecule has 2 rings (SSSR count). The second-order valence-corrected chi connectivity index (χ2v) is 6.37. The average molecular weight is 290 g/mol. The molecule has 0 saturated carbocycles. The Kier molecular flexibility index (Phi) is 4.17. The molecule has 0 aliphatic carbocycles. The van der Waals surface area contributed by atoms with Gasteiger partial charge in [0, 0.05) is 18.2 Å². The summed E-state index contributed by atoms with van der Waals surface area (Å²) < 4.78 is 52.9. The van der Waals surface area contributed by atoms with Crippen LogP contribution in [0, 0.1) is 11.6 Å². The minimum absolute atomic E-state index is 0.0213. The molecular formula is C12H16F2N2O2S. The molecule has 0 radical (unpaired) electrons. The van der Waals surface area contributed by atoms with Gasteiger partial charge >= 0.3 is 0 Å². The molecule has 4 nitrogen and oxygen atoms in total. The number of hydrogen-bond acceptors (Lipinski definition) is 3. The Balaban J connectivity index is 2.22. The number of halogens is 2. The summed E-state index contributed by atoms with van der Waals surface area (Å²) in [5, 5.41) is 3.15. The number of benzene rings is 1. The lowest BCUT2D eigenvalue weighted by atomic mass is 10.0. The molecule has 1 aliphatic rings. The Morgan fingerprint density at radius 3 is 2.74 bits per heavy atom. The van der Waals surface area contributed by atoms with Crippen LogP contribution in [0.15, 0.2) is 23.1 Å². The third kappa shape index (κ3) is 3.29. The molecule has 1 saturated heterocycles. The van der Waals surface area contributed by atoms with E-state index in [0.29, 0.717) is 12.5 Å². The van der Waals surface area contributed by atoms with Crippen molar-refractivity contribution in [1.29, 1.82) is 0 Å². The van der Waals surface area contributed by atoms with E-state index in [1.54, 1.807) is 0 Å². The quantitative estimate of drug-likeness (QED) is 0.884. The fourth-order valence-corrected chi connectivity index (χ4v) is 3.57. The number of hydrogen-bond donors (Lipinski definition) is 2. The van der Waals surface area contributed by atoms with Crippen LogP contribution in [0.3, 0.4) is 0 Å². The number of nitrogens with one attached hydrogen (secondary N) is 2. The van der Waals surface area contributed by atoms with Crippen LogP contribution in [0.4, 0.5) is 8.78 Å². The van der Waals surface area contributed by atoms with Crippen molar-refractivity contribution < 1.29 is 17.2 Å². The summed E-state index contributed by atoms with van der Waals surface area (Å²) in [7, 11) is -3.97. The summed E-state index contributed by atoms with van der Waals surface area (Å²) in [5.41, 5.74) is 0. The van der Waals surface area contributed by atoms with Crippen molar-refractivity contribution in [2.24, 2.45) is 0 Å². The zero-order valence-electron chi connectivity index (χ0n) is 10.5. The zero-order chi connectivity index (χ0) is 14.0. The molecule has 0 spiro atoms. The Bertz CT molecular complexity index is 563. The second-order valence-electron chi connectivity index (χ2n) is 4.69. The van der Waals surface area contributed by atoms with Gasteiger partial charge in [-0.05, 0) is 38.4 Å². The van der Waals surface area contributed by atoms with Gasteiger partial charge in [-0.15, -0.1) is 0 Å². The molecule has 0 amide bonds. The lowest BCUT2D eigenvalue weighted by molar-refractivity contribution is 0.348. The molecule has 0 bridgehead atoms. The van der Waals surface area contributed by atoms with E-state index < -0.39 is 26.6 Å². The predicted molar refractivity (Wildman–Crippen MR) is 67.2 cm³/mol. The fraction of sp³-hybridized carbons (Fsp3) is 0.500. The summed E-state index contributed by atoms with van der Waals surface area (Å²) in [6, 6.07) is 2.13. The largest absolute Gasteiger partial charge is 0.313 e. The first-order chi connectivity index (χ1) is 8.90. The molecular weight excluding hydrogens is 274 g/mol. The van der Waals surface area contributed by atoms with Crippen LogP contribution in [0.2, 0.25) is 0 Å². The standard InChI is InChI=1S/C12H16F2N2O2S/c1-8-11(3-2-6-15-8)16-19(17,18)12-5-4-9(13)7-10(12)14/h4-5,7-8,11,15-16H,2-3,6H2,1H3/t8-,11+/m1/s1. The Hall–Kier alpha value is -1.05. The van der Waals surface area contributed by atoms with Crippen LogP contribution in [0.25, 0.3) is 0 Å². The second kappa shape index (κ2) is 5.52. The highest BCUT2D eigenvalue weighted by molar-refractivity contribution is 7.89. The predicted octanol–water partition coefficient (Wildman–Crippen LogP) is 1.38. The van der Waals surface area contributed by atoms with E-state index in [0.717, 1.165) is 25.1 Å². The highest BCUT2D eigenvalue weighted by atomic mass is 32.2. The topological polar surface area (TPSA) is 58.2 Å². The third-order valence-electron chi connectivity index (χ3n) is 3.25. The lowest BCUT2D eigenvalue weighted by Crippen LogP contribution is -2.51. The van der Waals surface area contributed by atoms with Gasteiger partial charge < -0.3 is 5.32 Å². The van der Waals surface area contributed by atoms with E-state index in [9.17, 15) is 17.2 Å². The average Bonchev–Trinajstić information content (AvgIpc) is 2.31. The van der Waals surface area contributed by atoms with E-state index in [1.807, 2.05) is 6.92 Å². The van der Waals surface area contributed by atoms with Gasteiger partial charge in [-0.2, -0.15) is 0 Å². The first-order valence-electron chi connectivity index (χ1n) is 6.11. The molecule has 1 aromatic carbocycles. The number of rotatable bonds is 3. The highest BCUT2D eigenvalue weighted by Crippen LogP contribution is 2.18. The van der Waals surface area contributed by atoms with Crippen LogP contribution in [-0.2, 0) is 10.0 Å². The van der Waals surface area contributed by atoms with E-state index in [4.69, 9.17) is 0 Å². The molecule has 2 N–H and O–H groups in total. The Morgan fingerprint density at radius 1 is 1.37 bits per heavy atom. The Labute approximate surface area is 111 Å². The zero-order valence-corrected chi connectivity index (χ0v) is 11.3. The third-order valence-corrected chi connectivity index (χ3v) is 4.77. The molecule has 0 unspecified atom stereocenters. The van der Waals surface area contributed by atoms with Gasteiger partial charge in [0.25, 0.3) is 0 Å². The van der Waals surface area contributed by atoms with Gasteiger partial charge in [-0.3, -0.25) is 0 Å². The van der Waals surface area contributed by atoms with Crippen molar-refractivity contribution in [2.45, 2.75) is 36.7 Å².